The molecule has 0 fully saturated rings. The number of aryl methyl sites for hydroxylation is 3. The van der Waals surface area contributed by atoms with Crippen LogP contribution in [0.15, 0.2) is 36.7 Å². The Balaban J connectivity index is 2.19. The van der Waals surface area contributed by atoms with Gasteiger partial charge in [0.1, 0.15) is 11.4 Å². The van der Waals surface area contributed by atoms with Crippen LogP contribution >= 0.6 is 0 Å². The second-order valence-electron chi connectivity index (χ2n) is 5.31. The van der Waals surface area contributed by atoms with Gasteiger partial charge >= 0.3 is 0 Å². The Kier molecular flexibility index (Phi) is 3.01. The van der Waals surface area contributed by atoms with Gasteiger partial charge in [-0.15, -0.1) is 0 Å². The number of rotatable bonds is 2. The molecule has 0 saturated heterocycles. The first-order valence-corrected chi connectivity index (χ1v) is 6.82. The number of benzene rings is 1. The van der Waals surface area contributed by atoms with E-state index in [1.165, 1.54) is 5.56 Å². The van der Waals surface area contributed by atoms with E-state index >= 15 is 0 Å². The number of phenols is 1. The van der Waals surface area contributed by atoms with Crippen molar-refractivity contribution >= 4 is 11.4 Å². The van der Waals surface area contributed by atoms with E-state index in [0.717, 1.165) is 16.8 Å². The molecule has 2 aromatic heterocycles. The first-order chi connectivity index (χ1) is 10.0. The summed E-state index contributed by atoms with van der Waals surface area (Å²) in [4.78, 5) is 4.42. The van der Waals surface area contributed by atoms with Gasteiger partial charge in [0.25, 0.3) is 0 Å². The van der Waals surface area contributed by atoms with E-state index in [-0.39, 0.29) is 11.5 Å². The molecular formula is C17H17N3O. The van der Waals surface area contributed by atoms with Crippen LogP contribution in [-0.2, 0) is 0 Å². The summed E-state index contributed by atoms with van der Waals surface area (Å²) in [6.45, 7) is 5.89. The number of nitrogens with one attached hydrogen (secondary N) is 1. The van der Waals surface area contributed by atoms with Crippen LogP contribution in [-0.4, -0.2) is 20.2 Å². The van der Waals surface area contributed by atoms with Gasteiger partial charge in [0.2, 0.25) is 0 Å². The van der Waals surface area contributed by atoms with Gasteiger partial charge in [0.05, 0.1) is 17.6 Å². The number of pyridine rings is 1. The summed E-state index contributed by atoms with van der Waals surface area (Å²) in [6.07, 6.45) is 3.60. The molecule has 4 heteroatoms. The summed E-state index contributed by atoms with van der Waals surface area (Å²) in [7, 11) is 0. The molecule has 0 radical (unpaired) electrons. The van der Waals surface area contributed by atoms with Crippen LogP contribution in [0, 0.1) is 26.2 Å². The minimum Gasteiger partial charge on any atom is -0.507 e. The van der Waals surface area contributed by atoms with Crippen molar-refractivity contribution in [3.05, 3.63) is 64.6 Å². The molecule has 0 atom stereocenters. The first kappa shape index (κ1) is 13.4. The van der Waals surface area contributed by atoms with E-state index in [4.69, 9.17) is 5.41 Å². The normalized spacial score (nSPS) is 11.0. The maximum absolute atomic E-state index is 10.2. The number of aromatic hydroxyl groups is 1. The third-order valence-corrected chi connectivity index (χ3v) is 3.96. The molecule has 2 N–H and O–H groups in total. The molecule has 0 spiro atoms. The third-order valence-electron chi connectivity index (χ3n) is 3.96. The minimum absolute atomic E-state index is 0.154. The highest BCUT2D eigenvalue weighted by molar-refractivity contribution is 6.12. The maximum Gasteiger partial charge on any atom is 0.140 e. The fraction of sp³-hybridized carbons (Fsp3) is 0.176. The van der Waals surface area contributed by atoms with Crippen molar-refractivity contribution in [1.29, 1.82) is 5.41 Å². The molecule has 0 saturated carbocycles. The smallest absolute Gasteiger partial charge is 0.140 e. The number of hydrogen-bond acceptors (Lipinski definition) is 3. The van der Waals surface area contributed by atoms with E-state index in [0.29, 0.717) is 11.3 Å². The average Bonchev–Trinajstić information content (AvgIpc) is 2.90. The van der Waals surface area contributed by atoms with Crippen molar-refractivity contribution in [2.75, 3.05) is 0 Å². The average molecular weight is 279 g/mol. The monoisotopic (exact) mass is 279 g/mol. The highest BCUT2D eigenvalue weighted by Crippen LogP contribution is 2.25. The Morgan fingerprint density at radius 2 is 1.90 bits per heavy atom. The molecule has 0 aliphatic heterocycles. The lowest BCUT2D eigenvalue weighted by Crippen LogP contribution is -2.06. The van der Waals surface area contributed by atoms with Gasteiger partial charge in [0, 0.05) is 11.8 Å². The zero-order valence-corrected chi connectivity index (χ0v) is 12.3. The van der Waals surface area contributed by atoms with Crippen LogP contribution in [0.5, 0.6) is 5.75 Å². The van der Waals surface area contributed by atoms with Crippen LogP contribution < -0.4 is 0 Å². The number of nitrogens with zero attached hydrogens (tertiary/aromatic N) is 2. The summed E-state index contributed by atoms with van der Waals surface area (Å²) in [6, 6.07) is 7.44. The third kappa shape index (κ3) is 2.00. The Labute approximate surface area is 123 Å². The van der Waals surface area contributed by atoms with Crippen LogP contribution in [0.2, 0.25) is 0 Å². The van der Waals surface area contributed by atoms with E-state index in [2.05, 4.69) is 4.98 Å². The molecule has 2 heterocycles. The summed E-state index contributed by atoms with van der Waals surface area (Å²) < 4.78 is 1.90. The molecular weight excluding hydrogens is 262 g/mol. The molecule has 0 aliphatic rings. The van der Waals surface area contributed by atoms with Crippen LogP contribution in [0.4, 0.5) is 0 Å². The zero-order chi connectivity index (χ0) is 15.1. The van der Waals surface area contributed by atoms with Crippen molar-refractivity contribution in [1.82, 2.24) is 9.38 Å². The van der Waals surface area contributed by atoms with Crippen LogP contribution in [0.3, 0.4) is 0 Å². The Morgan fingerprint density at radius 3 is 2.67 bits per heavy atom. The van der Waals surface area contributed by atoms with Crippen molar-refractivity contribution in [2.24, 2.45) is 0 Å². The molecule has 3 aromatic rings. The molecule has 0 unspecified atom stereocenters. The number of phenolic OH excluding ortho intramolecular Hbond substituents is 1. The van der Waals surface area contributed by atoms with Gasteiger partial charge in [-0.3, -0.25) is 9.81 Å². The van der Waals surface area contributed by atoms with Crippen molar-refractivity contribution in [3.63, 3.8) is 0 Å². The number of para-hydroxylation sites is 1. The molecule has 1 aromatic carbocycles. The maximum atomic E-state index is 10.2. The lowest BCUT2D eigenvalue weighted by molar-refractivity contribution is 0.470. The Morgan fingerprint density at radius 1 is 1.14 bits per heavy atom. The molecule has 0 aliphatic carbocycles. The summed E-state index contributed by atoms with van der Waals surface area (Å²) in [5.74, 6) is 0.154. The zero-order valence-electron chi connectivity index (χ0n) is 12.3. The molecule has 3 rings (SSSR count). The standard InChI is InChI=1S/C17H17N3O/c1-10-7-8-20-14(9-19-17(20)12(10)3)15(18)13-6-4-5-11(2)16(13)21/h4-9,18,21H,1-3H3. The first-order valence-electron chi connectivity index (χ1n) is 6.82. The number of hydrogen-bond donors (Lipinski definition) is 2. The number of aromatic nitrogens is 2. The largest absolute Gasteiger partial charge is 0.507 e. The van der Waals surface area contributed by atoms with Crippen molar-refractivity contribution in [3.8, 4) is 5.75 Å². The Bertz CT molecular complexity index is 862. The van der Waals surface area contributed by atoms with E-state index in [1.807, 2.05) is 49.6 Å². The van der Waals surface area contributed by atoms with E-state index in [1.54, 1.807) is 12.3 Å². The van der Waals surface area contributed by atoms with Crippen LogP contribution in [0.1, 0.15) is 27.9 Å². The second kappa shape index (κ2) is 4.74. The Hall–Kier alpha value is -2.62. The molecule has 4 nitrogen and oxygen atoms in total. The van der Waals surface area contributed by atoms with Gasteiger partial charge in [-0.1, -0.05) is 12.1 Å². The van der Waals surface area contributed by atoms with Gasteiger partial charge in [-0.2, -0.15) is 0 Å². The topological polar surface area (TPSA) is 61.4 Å². The fourth-order valence-corrected chi connectivity index (χ4v) is 2.46. The van der Waals surface area contributed by atoms with Crippen molar-refractivity contribution < 1.29 is 5.11 Å². The minimum atomic E-state index is 0.154. The van der Waals surface area contributed by atoms with E-state index < -0.39 is 0 Å². The second-order valence-corrected chi connectivity index (χ2v) is 5.31. The van der Waals surface area contributed by atoms with Crippen molar-refractivity contribution in [2.45, 2.75) is 20.8 Å². The lowest BCUT2D eigenvalue weighted by Gasteiger charge is -2.09. The SMILES string of the molecule is Cc1cccc(C(=N)c2cnc3c(C)c(C)ccn23)c1O. The van der Waals surface area contributed by atoms with Gasteiger partial charge in [-0.05, 0) is 49.6 Å². The van der Waals surface area contributed by atoms with Gasteiger partial charge in [0.15, 0.2) is 0 Å². The summed E-state index contributed by atoms with van der Waals surface area (Å²) >= 11 is 0. The van der Waals surface area contributed by atoms with E-state index in [9.17, 15) is 5.11 Å². The summed E-state index contributed by atoms with van der Waals surface area (Å²) in [5, 5.41) is 18.6. The predicted molar refractivity (Wildman–Crippen MR) is 83.4 cm³/mol. The van der Waals surface area contributed by atoms with Gasteiger partial charge in [-0.25, -0.2) is 4.98 Å². The summed E-state index contributed by atoms with van der Waals surface area (Å²) in [5.41, 5.74) is 5.35. The quantitative estimate of drug-likeness (QED) is 0.706. The van der Waals surface area contributed by atoms with Gasteiger partial charge < -0.3 is 5.11 Å². The molecule has 106 valence electrons. The lowest BCUT2D eigenvalue weighted by atomic mass is 10.0. The highest BCUT2D eigenvalue weighted by atomic mass is 16.3. The number of imidazole rings is 1. The number of fused-ring (bicyclic) bond motifs is 1. The predicted octanol–water partition coefficient (Wildman–Crippen LogP) is 3.38. The molecule has 0 amide bonds. The molecule has 0 bridgehead atoms. The highest BCUT2D eigenvalue weighted by Gasteiger charge is 2.16. The fourth-order valence-electron chi connectivity index (χ4n) is 2.46. The molecule has 21 heavy (non-hydrogen) atoms. The van der Waals surface area contributed by atoms with Crippen LogP contribution in [0.25, 0.3) is 5.65 Å².